The molecule has 3 rings (SSSR count). The Morgan fingerprint density at radius 2 is 1.91 bits per heavy atom. The van der Waals surface area contributed by atoms with Crippen LogP contribution >= 0.6 is 35.1 Å². The molecule has 0 N–H and O–H groups in total. The van der Waals surface area contributed by atoms with E-state index in [1.54, 1.807) is 24.2 Å². The molecule has 0 bridgehead atoms. The number of hydrogen-bond donors (Lipinski definition) is 0. The summed E-state index contributed by atoms with van der Waals surface area (Å²) in [7, 11) is 1.61. The first-order valence-corrected chi connectivity index (χ1v) is 11.9. The monoisotopic (exact) mass is 510 g/mol. The van der Waals surface area contributed by atoms with E-state index in [-0.39, 0.29) is 23.3 Å². The Kier molecular flexibility index (Phi) is 9.78. The lowest BCUT2D eigenvalue weighted by Crippen LogP contribution is -2.38. The SMILES string of the molecule is CCN(CC)CCN(C(=O)C=Cc1ccc([N+](=O)[O-])s1)c1nc2c(OC)ccc(C)c2s1.Cl. The summed E-state index contributed by atoms with van der Waals surface area (Å²) in [6, 6.07) is 6.94. The molecular weight excluding hydrogens is 484 g/mol. The zero-order valence-corrected chi connectivity index (χ0v) is 21.4. The quantitative estimate of drug-likeness (QED) is 0.206. The van der Waals surface area contributed by atoms with Crippen LogP contribution in [0.3, 0.4) is 0 Å². The highest BCUT2D eigenvalue weighted by Crippen LogP contribution is 2.36. The van der Waals surface area contributed by atoms with Crippen LogP contribution in [0.1, 0.15) is 24.3 Å². The van der Waals surface area contributed by atoms with E-state index in [1.807, 2.05) is 19.1 Å². The summed E-state index contributed by atoms with van der Waals surface area (Å²) in [5.74, 6) is 0.453. The van der Waals surface area contributed by atoms with Gasteiger partial charge in [-0.3, -0.25) is 19.8 Å². The van der Waals surface area contributed by atoms with E-state index >= 15 is 0 Å². The number of carbonyl (C=O) groups excluding carboxylic acids is 1. The van der Waals surface area contributed by atoms with Gasteiger partial charge < -0.3 is 9.64 Å². The van der Waals surface area contributed by atoms with Gasteiger partial charge >= 0.3 is 5.00 Å². The molecule has 1 amide bonds. The number of aryl methyl sites for hydroxylation is 1. The van der Waals surface area contributed by atoms with Crippen LogP contribution in [0.15, 0.2) is 30.3 Å². The molecule has 0 aliphatic carbocycles. The highest BCUT2D eigenvalue weighted by molar-refractivity contribution is 7.22. The second-order valence-corrected chi connectivity index (χ2v) is 9.11. The van der Waals surface area contributed by atoms with Crippen LogP contribution in [0.25, 0.3) is 16.3 Å². The fourth-order valence-corrected chi connectivity index (χ4v) is 5.04. The zero-order valence-electron chi connectivity index (χ0n) is 18.9. The molecule has 0 saturated heterocycles. The van der Waals surface area contributed by atoms with Crippen LogP contribution in [0.4, 0.5) is 10.1 Å². The van der Waals surface area contributed by atoms with E-state index in [0.717, 1.165) is 40.2 Å². The number of halogens is 1. The van der Waals surface area contributed by atoms with Gasteiger partial charge in [-0.05, 0) is 43.8 Å². The number of nitro groups is 1. The van der Waals surface area contributed by atoms with Crippen molar-refractivity contribution >= 4 is 67.4 Å². The van der Waals surface area contributed by atoms with Gasteiger partial charge in [-0.25, -0.2) is 4.98 Å². The molecule has 2 heterocycles. The Hall–Kier alpha value is -2.53. The van der Waals surface area contributed by atoms with E-state index in [0.29, 0.717) is 28.8 Å². The second-order valence-electron chi connectivity index (χ2n) is 7.04. The number of rotatable bonds is 10. The zero-order chi connectivity index (χ0) is 23.3. The number of aromatic nitrogens is 1. The fourth-order valence-electron chi connectivity index (χ4n) is 3.23. The second kappa shape index (κ2) is 12.1. The summed E-state index contributed by atoms with van der Waals surface area (Å²) < 4.78 is 6.44. The molecule has 8 nitrogen and oxygen atoms in total. The maximum absolute atomic E-state index is 13.2. The number of likely N-dealkylation sites (N-methyl/N-ethyl adjacent to an activating group) is 1. The molecule has 0 spiro atoms. The molecule has 0 aliphatic heterocycles. The van der Waals surface area contributed by atoms with Gasteiger partial charge in [-0.15, -0.1) is 12.4 Å². The highest BCUT2D eigenvalue weighted by Gasteiger charge is 2.21. The molecule has 0 saturated carbocycles. The number of methoxy groups -OCH3 is 1. The maximum atomic E-state index is 13.2. The van der Waals surface area contributed by atoms with Crippen LogP contribution in [0.5, 0.6) is 5.75 Å². The average molecular weight is 511 g/mol. The number of thiazole rings is 1. The summed E-state index contributed by atoms with van der Waals surface area (Å²) in [6.07, 6.45) is 3.07. The highest BCUT2D eigenvalue weighted by atomic mass is 35.5. The number of fused-ring (bicyclic) bond motifs is 1. The lowest BCUT2D eigenvalue weighted by atomic mass is 10.2. The Bertz CT molecular complexity index is 1140. The van der Waals surface area contributed by atoms with Gasteiger partial charge in [-0.2, -0.15) is 0 Å². The van der Waals surface area contributed by atoms with Gasteiger partial charge in [0.1, 0.15) is 11.3 Å². The van der Waals surface area contributed by atoms with Gasteiger partial charge in [0.05, 0.1) is 16.7 Å². The normalized spacial score (nSPS) is 11.2. The lowest BCUT2D eigenvalue weighted by Gasteiger charge is -2.23. The van der Waals surface area contributed by atoms with Gasteiger partial charge in [0.15, 0.2) is 5.13 Å². The van der Waals surface area contributed by atoms with Crippen molar-refractivity contribution in [3.05, 3.63) is 50.9 Å². The van der Waals surface area contributed by atoms with E-state index in [1.165, 1.54) is 23.5 Å². The Morgan fingerprint density at radius 1 is 1.18 bits per heavy atom. The fraction of sp³-hybridized carbons (Fsp3) is 0.364. The van der Waals surface area contributed by atoms with Crippen molar-refractivity contribution < 1.29 is 14.5 Å². The topological polar surface area (TPSA) is 88.8 Å². The number of benzene rings is 1. The molecule has 0 atom stereocenters. The molecule has 0 aliphatic rings. The number of carbonyl (C=O) groups is 1. The van der Waals surface area contributed by atoms with Crippen LogP contribution in [-0.4, -0.2) is 54.0 Å². The molecule has 33 heavy (non-hydrogen) atoms. The van der Waals surface area contributed by atoms with Crippen molar-refractivity contribution in [2.75, 3.05) is 38.2 Å². The molecular formula is C22H27ClN4O4S2. The van der Waals surface area contributed by atoms with Crippen LogP contribution in [0, 0.1) is 17.0 Å². The molecule has 3 aromatic rings. The molecule has 2 aromatic heterocycles. The van der Waals surface area contributed by atoms with Crippen molar-refractivity contribution in [1.29, 1.82) is 0 Å². The van der Waals surface area contributed by atoms with Gasteiger partial charge in [0.25, 0.3) is 5.91 Å². The first-order chi connectivity index (χ1) is 15.4. The first-order valence-electron chi connectivity index (χ1n) is 10.3. The predicted octanol–water partition coefficient (Wildman–Crippen LogP) is 5.39. The molecule has 11 heteroatoms. The smallest absolute Gasteiger partial charge is 0.324 e. The Balaban J connectivity index is 0.00000385. The molecule has 0 unspecified atom stereocenters. The van der Waals surface area contributed by atoms with Crippen molar-refractivity contribution in [3.8, 4) is 5.75 Å². The third-order valence-electron chi connectivity index (χ3n) is 5.13. The van der Waals surface area contributed by atoms with Crippen LogP contribution in [0.2, 0.25) is 0 Å². The predicted molar refractivity (Wildman–Crippen MR) is 138 cm³/mol. The molecule has 0 radical (unpaired) electrons. The van der Waals surface area contributed by atoms with E-state index in [4.69, 9.17) is 9.72 Å². The third-order valence-corrected chi connectivity index (χ3v) is 7.34. The van der Waals surface area contributed by atoms with Gasteiger partial charge in [0, 0.05) is 30.1 Å². The van der Waals surface area contributed by atoms with E-state index < -0.39 is 4.92 Å². The summed E-state index contributed by atoms with van der Waals surface area (Å²) in [5, 5.41) is 11.6. The molecule has 178 valence electrons. The summed E-state index contributed by atoms with van der Waals surface area (Å²) in [5.41, 5.74) is 1.81. The summed E-state index contributed by atoms with van der Waals surface area (Å²) >= 11 is 2.49. The number of anilines is 1. The minimum atomic E-state index is -0.433. The Labute approximate surface area is 207 Å². The Morgan fingerprint density at radius 3 is 2.52 bits per heavy atom. The molecule has 0 fully saturated rings. The number of thiophene rings is 1. The third kappa shape index (κ3) is 6.29. The first kappa shape index (κ1) is 26.7. The van der Waals surface area contributed by atoms with Crippen molar-refractivity contribution in [1.82, 2.24) is 9.88 Å². The number of ether oxygens (including phenoxy) is 1. The van der Waals surface area contributed by atoms with Crippen molar-refractivity contribution in [2.24, 2.45) is 0 Å². The van der Waals surface area contributed by atoms with Gasteiger partial charge in [0.2, 0.25) is 0 Å². The standard InChI is InChI=1S/C22H26N4O4S2.ClH/c1-5-24(6-2)13-14-25(18(27)11-8-16-9-12-19(31-16)26(28)29)22-23-20-17(30-4)10-7-15(3)21(20)32-22;/h7-12H,5-6,13-14H2,1-4H3;1H. The minimum absolute atomic E-state index is 0. The summed E-state index contributed by atoms with van der Waals surface area (Å²) in [6.45, 7) is 9.16. The molecule has 1 aromatic carbocycles. The number of hydrogen-bond acceptors (Lipinski definition) is 8. The van der Waals surface area contributed by atoms with Crippen molar-refractivity contribution in [2.45, 2.75) is 20.8 Å². The van der Waals surface area contributed by atoms with E-state index in [9.17, 15) is 14.9 Å². The average Bonchev–Trinajstić information content (AvgIpc) is 3.44. The minimum Gasteiger partial charge on any atom is -0.494 e. The van der Waals surface area contributed by atoms with Crippen molar-refractivity contribution in [3.63, 3.8) is 0 Å². The number of amides is 1. The lowest BCUT2D eigenvalue weighted by molar-refractivity contribution is -0.380. The van der Waals surface area contributed by atoms with E-state index in [2.05, 4.69) is 18.7 Å². The summed E-state index contributed by atoms with van der Waals surface area (Å²) in [4.78, 5) is 33.0. The number of nitrogens with zero attached hydrogens (tertiary/aromatic N) is 4. The largest absolute Gasteiger partial charge is 0.494 e. The van der Waals surface area contributed by atoms with Crippen LogP contribution < -0.4 is 9.64 Å². The van der Waals surface area contributed by atoms with Gasteiger partial charge in [-0.1, -0.05) is 42.6 Å². The maximum Gasteiger partial charge on any atom is 0.324 e. The van der Waals surface area contributed by atoms with Crippen LogP contribution in [-0.2, 0) is 4.79 Å².